The Morgan fingerprint density at radius 1 is 1.16 bits per heavy atom. The van der Waals surface area contributed by atoms with Crippen molar-refractivity contribution in [2.75, 3.05) is 0 Å². The summed E-state index contributed by atoms with van der Waals surface area (Å²) in [7, 11) is 0. The van der Waals surface area contributed by atoms with Gasteiger partial charge in [0.05, 0.1) is 6.04 Å². The Hall–Kier alpha value is -2.76. The zero-order chi connectivity index (χ0) is 17.8. The average molecular weight is 337 g/mol. The van der Waals surface area contributed by atoms with E-state index in [9.17, 15) is 4.79 Å². The molecule has 1 amide bonds. The van der Waals surface area contributed by atoms with Crippen LogP contribution in [-0.2, 0) is 0 Å². The lowest BCUT2D eigenvalue weighted by Gasteiger charge is -2.18. The number of carbonyl (C=O) groups is 1. The van der Waals surface area contributed by atoms with Crippen LogP contribution in [0.3, 0.4) is 0 Å². The van der Waals surface area contributed by atoms with Crippen LogP contribution in [0.4, 0.5) is 0 Å². The summed E-state index contributed by atoms with van der Waals surface area (Å²) in [5, 5.41) is 7.19. The van der Waals surface area contributed by atoms with E-state index in [2.05, 4.69) is 58.5 Å². The topological polar surface area (TPSA) is 72.2 Å². The molecular formula is C19H23N5O. The molecule has 130 valence electrons. The van der Waals surface area contributed by atoms with Gasteiger partial charge in [-0.05, 0) is 36.0 Å². The molecule has 3 aromatic rings. The van der Waals surface area contributed by atoms with Gasteiger partial charge in [0.2, 0.25) is 5.82 Å². The Balaban J connectivity index is 1.75. The first-order valence-electron chi connectivity index (χ1n) is 8.70. The molecule has 3 rings (SSSR count). The van der Waals surface area contributed by atoms with Gasteiger partial charge in [0.25, 0.3) is 11.7 Å². The molecular weight excluding hydrogens is 314 g/mol. The van der Waals surface area contributed by atoms with E-state index in [1.807, 2.05) is 6.92 Å². The standard InChI is InChI=1S/C19H23N5O/c1-4-13(3)14-7-9-15(10-8-14)16(5-2)21-18(25)17-22-19-20-11-6-12-24(19)23-17/h6-13,16H,4-5H2,1-3H3,(H,21,25)/t13-,16+/m0/s1. The largest absolute Gasteiger partial charge is 0.342 e. The molecule has 0 unspecified atom stereocenters. The highest BCUT2D eigenvalue weighted by Crippen LogP contribution is 2.23. The zero-order valence-corrected chi connectivity index (χ0v) is 14.8. The van der Waals surface area contributed by atoms with Gasteiger partial charge in [0.15, 0.2) is 0 Å². The number of hydrogen-bond donors (Lipinski definition) is 1. The highest BCUT2D eigenvalue weighted by Gasteiger charge is 2.18. The summed E-state index contributed by atoms with van der Waals surface area (Å²) in [6, 6.07) is 10.1. The van der Waals surface area contributed by atoms with Crippen molar-refractivity contribution < 1.29 is 4.79 Å². The number of rotatable bonds is 6. The lowest BCUT2D eigenvalue weighted by molar-refractivity contribution is 0.0925. The average Bonchev–Trinajstić information content (AvgIpc) is 3.10. The van der Waals surface area contributed by atoms with E-state index in [4.69, 9.17) is 0 Å². The molecule has 6 heteroatoms. The summed E-state index contributed by atoms with van der Waals surface area (Å²) >= 11 is 0. The fraction of sp³-hybridized carbons (Fsp3) is 0.368. The maximum Gasteiger partial charge on any atom is 0.291 e. The molecule has 0 radical (unpaired) electrons. The first kappa shape index (κ1) is 17.1. The van der Waals surface area contributed by atoms with E-state index >= 15 is 0 Å². The highest BCUT2D eigenvalue weighted by atomic mass is 16.2. The van der Waals surface area contributed by atoms with E-state index in [1.54, 1.807) is 18.5 Å². The summed E-state index contributed by atoms with van der Waals surface area (Å²) in [6.07, 6.45) is 5.25. The molecule has 1 N–H and O–H groups in total. The van der Waals surface area contributed by atoms with Gasteiger partial charge in [-0.2, -0.15) is 4.98 Å². The van der Waals surface area contributed by atoms with Gasteiger partial charge in [-0.1, -0.05) is 45.0 Å². The number of aromatic nitrogens is 4. The molecule has 0 aliphatic carbocycles. The predicted molar refractivity (Wildman–Crippen MR) is 96.4 cm³/mol. The number of hydrogen-bond acceptors (Lipinski definition) is 4. The van der Waals surface area contributed by atoms with Gasteiger partial charge >= 0.3 is 0 Å². The number of nitrogens with zero attached hydrogens (tertiary/aromatic N) is 4. The van der Waals surface area contributed by atoms with Gasteiger partial charge in [-0.15, -0.1) is 5.10 Å². The van der Waals surface area contributed by atoms with Gasteiger partial charge in [0.1, 0.15) is 0 Å². The fourth-order valence-corrected chi connectivity index (χ4v) is 2.77. The molecule has 2 aromatic heterocycles. The molecule has 6 nitrogen and oxygen atoms in total. The third kappa shape index (κ3) is 3.68. The second-order valence-corrected chi connectivity index (χ2v) is 6.21. The van der Waals surface area contributed by atoms with Crippen molar-refractivity contribution in [2.45, 2.75) is 45.6 Å². The van der Waals surface area contributed by atoms with Crippen LogP contribution in [0.25, 0.3) is 5.78 Å². The Labute approximate surface area is 147 Å². The van der Waals surface area contributed by atoms with E-state index in [1.165, 1.54) is 10.1 Å². The first-order valence-corrected chi connectivity index (χ1v) is 8.70. The van der Waals surface area contributed by atoms with Crippen LogP contribution in [0.15, 0.2) is 42.7 Å². The minimum atomic E-state index is -0.289. The van der Waals surface area contributed by atoms with E-state index in [0.717, 1.165) is 18.4 Å². The van der Waals surface area contributed by atoms with Gasteiger partial charge in [0, 0.05) is 12.4 Å². The van der Waals surface area contributed by atoms with Crippen molar-refractivity contribution in [3.63, 3.8) is 0 Å². The molecule has 2 heterocycles. The van der Waals surface area contributed by atoms with Crippen LogP contribution in [0.2, 0.25) is 0 Å². The molecule has 0 saturated heterocycles. The van der Waals surface area contributed by atoms with Crippen molar-refractivity contribution in [3.8, 4) is 0 Å². The number of benzene rings is 1. The van der Waals surface area contributed by atoms with Crippen molar-refractivity contribution in [3.05, 3.63) is 59.7 Å². The molecule has 0 aliphatic heterocycles. The summed E-state index contributed by atoms with van der Waals surface area (Å²) < 4.78 is 1.50. The summed E-state index contributed by atoms with van der Waals surface area (Å²) in [6.45, 7) is 6.45. The van der Waals surface area contributed by atoms with Crippen LogP contribution in [0, 0.1) is 0 Å². The minimum Gasteiger partial charge on any atom is -0.342 e. The summed E-state index contributed by atoms with van der Waals surface area (Å²) in [4.78, 5) is 20.8. The molecule has 25 heavy (non-hydrogen) atoms. The number of amides is 1. The second-order valence-electron chi connectivity index (χ2n) is 6.21. The smallest absolute Gasteiger partial charge is 0.291 e. The van der Waals surface area contributed by atoms with Gasteiger partial charge in [-0.3, -0.25) is 4.79 Å². The Kier molecular flexibility index (Phi) is 5.07. The number of fused-ring (bicyclic) bond motifs is 1. The Bertz CT molecular complexity index is 823. The predicted octanol–water partition coefficient (Wildman–Crippen LogP) is 3.52. The molecule has 0 saturated carbocycles. The first-order chi connectivity index (χ1) is 12.1. The van der Waals surface area contributed by atoms with Crippen molar-refractivity contribution in [1.29, 1.82) is 0 Å². The van der Waals surface area contributed by atoms with Crippen molar-refractivity contribution >= 4 is 11.7 Å². The molecule has 0 fully saturated rings. The molecule has 1 aromatic carbocycles. The lowest BCUT2D eigenvalue weighted by atomic mass is 9.95. The van der Waals surface area contributed by atoms with Crippen LogP contribution in [0.1, 0.15) is 67.3 Å². The maximum atomic E-state index is 12.5. The number of nitrogens with one attached hydrogen (secondary N) is 1. The minimum absolute atomic E-state index is 0.0712. The van der Waals surface area contributed by atoms with Crippen molar-refractivity contribution in [2.24, 2.45) is 0 Å². The molecule has 0 spiro atoms. The van der Waals surface area contributed by atoms with Crippen LogP contribution < -0.4 is 5.32 Å². The summed E-state index contributed by atoms with van der Waals surface area (Å²) in [5.41, 5.74) is 2.41. The lowest BCUT2D eigenvalue weighted by Crippen LogP contribution is -2.29. The van der Waals surface area contributed by atoms with Crippen LogP contribution in [-0.4, -0.2) is 25.5 Å². The Morgan fingerprint density at radius 2 is 1.88 bits per heavy atom. The van der Waals surface area contributed by atoms with Crippen molar-refractivity contribution in [1.82, 2.24) is 24.9 Å². The number of carbonyl (C=O) groups excluding carboxylic acids is 1. The van der Waals surface area contributed by atoms with Crippen LogP contribution >= 0.6 is 0 Å². The zero-order valence-electron chi connectivity index (χ0n) is 14.8. The fourth-order valence-electron chi connectivity index (χ4n) is 2.77. The quantitative estimate of drug-likeness (QED) is 0.747. The van der Waals surface area contributed by atoms with Gasteiger partial charge in [-0.25, -0.2) is 9.50 Å². The summed E-state index contributed by atoms with van der Waals surface area (Å²) in [5.74, 6) is 0.800. The van der Waals surface area contributed by atoms with E-state index in [0.29, 0.717) is 11.7 Å². The maximum absolute atomic E-state index is 12.5. The van der Waals surface area contributed by atoms with E-state index < -0.39 is 0 Å². The molecule has 0 bridgehead atoms. The normalized spacial score (nSPS) is 13.6. The van der Waals surface area contributed by atoms with Crippen LogP contribution in [0.5, 0.6) is 0 Å². The monoisotopic (exact) mass is 337 g/mol. The van der Waals surface area contributed by atoms with Gasteiger partial charge < -0.3 is 5.32 Å². The SMILES string of the molecule is CC[C@H](C)c1ccc([C@@H](CC)NC(=O)c2nc3ncccn3n2)cc1. The molecule has 0 aliphatic rings. The highest BCUT2D eigenvalue weighted by molar-refractivity contribution is 5.91. The van der Waals surface area contributed by atoms with E-state index in [-0.39, 0.29) is 17.8 Å². The third-order valence-electron chi connectivity index (χ3n) is 4.55. The molecule has 2 atom stereocenters. The third-order valence-corrected chi connectivity index (χ3v) is 4.55. The second kappa shape index (κ2) is 7.42. The Morgan fingerprint density at radius 3 is 2.52 bits per heavy atom.